The van der Waals surface area contributed by atoms with Gasteiger partial charge in [-0.1, -0.05) is 42.5 Å². The number of carboxylic acid groups (broad SMARTS) is 1. The number of carbonyl (C=O) groups excluding carboxylic acids is 2. The second-order valence-corrected chi connectivity index (χ2v) is 8.38. The van der Waals surface area contributed by atoms with Crippen molar-refractivity contribution in [3.05, 3.63) is 101 Å². The third-order valence-corrected chi connectivity index (χ3v) is 6.17. The Bertz CT molecular complexity index is 1450. The smallest absolute Gasteiger partial charge is 0.418 e. The number of H-pyrrole nitrogens is 1. The van der Waals surface area contributed by atoms with Gasteiger partial charge in [-0.2, -0.15) is 0 Å². The lowest BCUT2D eigenvalue weighted by atomic mass is 9.92. The number of fused-ring (bicyclic) bond motifs is 1. The van der Waals surface area contributed by atoms with Crippen LogP contribution in [0, 0.1) is 5.82 Å². The van der Waals surface area contributed by atoms with Crippen molar-refractivity contribution in [2.75, 3.05) is 0 Å². The quantitative estimate of drug-likeness (QED) is 0.424. The first kappa shape index (κ1) is 22.3. The molecule has 5 rings (SSSR count). The van der Waals surface area contributed by atoms with Crippen LogP contribution in [0.4, 0.5) is 9.18 Å². The molecule has 0 bridgehead atoms. The summed E-state index contributed by atoms with van der Waals surface area (Å²) in [6.45, 7) is 1.66. The average molecular weight is 473 g/mol. The van der Waals surface area contributed by atoms with E-state index in [9.17, 15) is 23.9 Å². The lowest BCUT2D eigenvalue weighted by Gasteiger charge is -2.25. The molecule has 0 saturated carbocycles. The van der Waals surface area contributed by atoms with E-state index >= 15 is 0 Å². The fourth-order valence-electron chi connectivity index (χ4n) is 4.30. The van der Waals surface area contributed by atoms with Crippen molar-refractivity contribution in [1.82, 2.24) is 14.9 Å². The minimum atomic E-state index is -1.80. The zero-order valence-electron chi connectivity index (χ0n) is 18.6. The number of aromatic nitrogens is 2. The Hall–Kier alpha value is -4.53. The molecule has 2 amide bonds. The largest absolute Gasteiger partial charge is 0.478 e. The van der Waals surface area contributed by atoms with E-state index < -0.39 is 35.4 Å². The number of carbonyl (C=O) groups is 3. The first-order valence-electron chi connectivity index (χ1n) is 10.9. The summed E-state index contributed by atoms with van der Waals surface area (Å²) in [6, 6.07) is 18.2. The van der Waals surface area contributed by atoms with Crippen LogP contribution in [0.2, 0.25) is 0 Å². The van der Waals surface area contributed by atoms with Crippen molar-refractivity contribution in [2.24, 2.45) is 0 Å². The van der Waals surface area contributed by atoms with Gasteiger partial charge in [0.15, 0.2) is 5.82 Å². The van der Waals surface area contributed by atoms with Gasteiger partial charge in [0.1, 0.15) is 5.82 Å². The molecule has 9 heteroatoms. The van der Waals surface area contributed by atoms with Crippen molar-refractivity contribution in [2.45, 2.75) is 25.0 Å². The lowest BCUT2D eigenvalue weighted by Crippen LogP contribution is -2.42. The summed E-state index contributed by atoms with van der Waals surface area (Å²) in [4.78, 5) is 46.9. The normalized spacial score (nSPS) is 18.6. The minimum absolute atomic E-state index is 0.0106. The van der Waals surface area contributed by atoms with Crippen LogP contribution in [0.15, 0.2) is 72.8 Å². The number of nitrogens with zero attached hydrogens (tertiary/aromatic N) is 2. The molecule has 1 saturated heterocycles. The molecule has 8 nitrogen and oxygen atoms in total. The van der Waals surface area contributed by atoms with Crippen LogP contribution in [0.1, 0.15) is 40.3 Å². The molecule has 35 heavy (non-hydrogen) atoms. The fourth-order valence-corrected chi connectivity index (χ4v) is 4.30. The van der Waals surface area contributed by atoms with Crippen LogP contribution in [-0.2, 0) is 21.6 Å². The number of halogens is 1. The molecule has 0 aliphatic carbocycles. The van der Waals surface area contributed by atoms with Gasteiger partial charge in [-0.05, 0) is 48.4 Å². The number of nitrogens with one attached hydrogen (secondary N) is 1. The Kier molecular flexibility index (Phi) is 5.32. The van der Waals surface area contributed by atoms with Crippen LogP contribution in [-0.4, -0.2) is 37.9 Å². The van der Waals surface area contributed by atoms with E-state index in [2.05, 4.69) is 9.97 Å². The van der Waals surface area contributed by atoms with Gasteiger partial charge in [0.05, 0.1) is 22.6 Å². The highest BCUT2D eigenvalue weighted by Gasteiger charge is 2.58. The van der Waals surface area contributed by atoms with E-state index in [0.29, 0.717) is 16.6 Å². The Balaban J connectivity index is 1.61. The molecule has 0 unspecified atom stereocenters. The van der Waals surface area contributed by atoms with Crippen molar-refractivity contribution in [3.63, 3.8) is 0 Å². The van der Waals surface area contributed by atoms with Gasteiger partial charge >= 0.3 is 12.1 Å². The molecule has 1 aromatic heterocycles. The molecule has 1 fully saturated rings. The fraction of sp³-hybridized carbons (Fsp3) is 0.154. The first-order chi connectivity index (χ1) is 16.8. The summed E-state index contributed by atoms with van der Waals surface area (Å²) in [7, 11) is 0. The number of amides is 2. The molecule has 0 radical (unpaired) electrons. The van der Waals surface area contributed by atoms with Gasteiger partial charge in [-0.3, -0.25) is 4.79 Å². The molecular formula is C26H20FN3O5. The van der Waals surface area contributed by atoms with E-state index in [1.165, 1.54) is 36.4 Å². The molecule has 1 aliphatic heterocycles. The molecule has 2 heterocycles. The average Bonchev–Trinajstić information content (AvgIpc) is 3.38. The van der Waals surface area contributed by atoms with E-state index in [4.69, 9.17) is 4.74 Å². The lowest BCUT2D eigenvalue weighted by molar-refractivity contribution is -0.139. The summed E-state index contributed by atoms with van der Waals surface area (Å²) < 4.78 is 19.2. The number of aromatic carboxylic acids is 1. The molecule has 2 N–H and O–H groups in total. The van der Waals surface area contributed by atoms with Crippen LogP contribution < -0.4 is 0 Å². The number of hydrogen-bond donors (Lipinski definition) is 2. The molecule has 176 valence electrons. The first-order valence-corrected chi connectivity index (χ1v) is 10.9. The zero-order chi connectivity index (χ0) is 24.7. The summed E-state index contributed by atoms with van der Waals surface area (Å²) in [5, 5.41) is 9.31. The number of benzene rings is 3. The van der Waals surface area contributed by atoms with Crippen LogP contribution >= 0.6 is 0 Å². The monoisotopic (exact) mass is 473 g/mol. The molecule has 4 aromatic rings. The van der Waals surface area contributed by atoms with E-state index in [1.807, 2.05) is 6.07 Å². The third-order valence-electron chi connectivity index (χ3n) is 6.17. The van der Waals surface area contributed by atoms with Crippen molar-refractivity contribution in [3.8, 4) is 0 Å². The van der Waals surface area contributed by atoms with E-state index in [-0.39, 0.29) is 17.8 Å². The maximum Gasteiger partial charge on any atom is 0.418 e. The second-order valence-electron chi connectivity index (χ2n) is 8.38. The molecule has 0 spiro atoms. The number of ether oxygens (including phenoxy) is 1. The molecule has 2 atom stereocenters. The van der Waals surface area contributed by atoms with Crippen LogP contribution in [0.5, 0.6) is 0 Å². The van der Waals surface area contributed by atoms with E-state index in [1.54, 1.807) is 37.3 Å². The predicted molar refractivity (Wildman–Crippen MR) is 123 cm³/mol. The SMILES string of the molecule is C[C@H](c1ccc(F)cc1)N1C(=O)O[C@](Cc2ccccc2)(c2nc3cc(C(=O)O)ccc3[nH]2)C1=O. The van der Waals surface area contributed by atoms with E-state index in [0.717, 1.165) is 10.5 Å². The Labute approximate surface area is 199 Å². The number of aromatic amines is 1. The number of imidazole rings is 1. The molecule has 1 aliphatic rings. The summed E-state index contributed by atoms with van der Waals surface area (Å²) >= 11 is 0. The molecule has 3 aromatic carbocycles. The van der Waals surface area contributed by atoms with Gasteiger partial charge in [0.2, 0.25) is 0 Å². The Morgan fingerprint density at radius 3 is 2.51 bits per heavy atom. The highest BCUT2D eigenvalue weighted by molar-refractivity contribution is 6.04. The van der Waals surface area contributed by atoms with Crippen LogP contribution in [0.25, 0.3) is 11.0 Å². The van der Waals surface area contributed by atoms with Gasteiger partial charge in [0.25, 0.3) is 11.5 Å². The number of hydrogen-bond acceptors (Lipinski definition) is 5. The van der Waals surface area contributed by atoms with Gasteiger partial charge in [0, 0.05) is 6.42 Å². The van der Waals surface area contributed by atoms with Crippen LogP contribution in [0.3, 0.4) is 0 Å². The van der Waals surface area contributed by atoms with Crippen molar-refractivity contribution < 1.29 is 28.6 Å². The number of carboxylic acids is 1. The number of imide groups is 1. The highest BCUT2D eigenvalue weighted by Crippen LogP contribution is 2.41. The highest BCUT2D eigenvalue weighted by atomic mass is 19.1. The maximum absolute atomic E-state index is 13.9. The maximum atomic E-state index is 13.9. The minimum Gasteiger partial charge on any atom is -0.478 e. The van der Waals surface area contributed by atoms with Crippen molar-refractivity contribution in [1.29, 1.82) is 0 Å². The zero-order valence-corrected chi connectivity index (χ0v) is 18.6. The Morgan fingerprint density at radius 1 is 1.11 bits per heavy atom. The summed E-state index contributed by atoms with van der Waals surface area (Å²) in [5.41, 5.74) is 0.343. The topological polar surface area (TPSA) is 113 Å². The van der Waals surface area contributed by atoms with Gasteiger partial charge in [-0.25, -0.2) is 23.9 Å². The summed E-state index contributed by atoms with van der Waals surface area (Å²) in [5.74, 6) is -2.08. The Morgan fingerprint density at radius 2 is 1.83 bits per heavy atom. The number of rotatable bonds is 6. The predicted octanol–water partition coefficient (Wildman–Crippen LogP) is 4.58. The van der Waals surface area contributed by atoms with Crippen molar-refractivity contribution >= 4 is 29.0 Å². The molecular weight excluding hydrogens is 453 g/mol. The second kappa shape index (κ2) is 8.35. The number of cyclic esters (lactones) is 1. The van der Waals surface area contributed by atoms with Gasteiger partial charge in [-0.15, -0.1) is 0 Å². The third kappa shape index (κ3) is 3.80. The van der Waals surface area contributed by atoms with Gasteiger partial charge < -0.3 is 14.8 Å². The summed E-state index contributed by atoms with van der Waals surface area (Å²) in [6.07, 6.45) is -0.842. The standard InChI is InChI=1S/C26H20FN3O5/c1-15(17-7-10-19(27)11-8-17)30-24(33)26(35-25(30)34,14-16-5-3-2-4-6-16)23-28-20-12-9-18(22(31)32)13-21(20)29-23/h2-13,15H,14H2,1H3,(H,28,29)(H,31,32)/t15-,26-/m1/s1.